The first-order valence-corrected chi connectivity index (χ1v) is 11.3. The van der Waals surface area contributed by atoms with Gasteiger partial charge in [0.1, 0.15) is 6.04 Å². The third-order valence-corrected chi connectivity index (χ3v) is 5.96. The predicted molar refractivity (Wildman–Crippen MR) is 115 cm³/mol. The molecule has 0 aliphatic heterocycles. The molecule has 2 aromatic rings. The molecule has 0 aromatic heterocycles. The van der Waals surface area contributed by atoms with Crippen molar-refractivity contribution in [1.29, 1.82) is 0 Å². The standard InChI is InChI=1S/C21H25ClN2O5S/c1-15(2)20(24-30(27,28)18-6-4-3-5-7-18)21(26)29-14-19(25)23-13-12-16-8-10-17(22)11-9-16/h3-11,15,20,24H,12-14H2,1-2H3,(H,23,25)/t20-/m0/s1. The van der Waals surface area contributed by atoms with Gasteiger partial charge in [-0.15, -0.1) is 0 Å². The number of esters is 1. The van der Waals surface area contributed by atoms with Gasteiger partial charge in [0.25, 0.3) is 5.91 Å². The van der Waals surface area contributed by atoms with Crippen molar-refractivity contribution >= 4 is 33.5 Å². The maximum absolute atomic E-state index is 12.5. The summed E-state index contributed by atoms with van der Waals surface area (Å²) in [5.74, 6) is -1.65. The number of nitrogens with one attached hydrogen (secondary N) is 2. The first-order chi connectivity index (χ1) is 14.2. The van der Waals surface area contributed by atoms with Crippen LogP contribution in [-0.2, 0) is 30.8 Å². The lowest BCUT2D eigenvalue weighted by atomic mass is 10.1. The summed E-state index contributed by atoms with van der Waals surface area (Å²) in [5, 5.41) is 3.29. The fourth-order valence-electron chi connectivity index (χ4n) is 2.57. The molecule has 162 valence electrons. The van der Waals surface area contributed by atoms with E-state index in [9.17, 15) is 18.0 Å². The zero-order chi connectivity index (χ0) is 22.1. The monoisotopic (exact) mass is 452 g/mol. The van der Waals surface area contributed by atoms with Gasteiger partial charge in [-0.1, -0.05) is 55.8 Å². The molecule has 1 amide bonds. The number of benzene rings is 2. The number of sulfonamides is 1. The van der Waals surface area contributed by atoms with Gasteiger partial charge in [-0.05, 0) is 42.2 Å². The topological polar surface area (TPSA) is 102 Å². The Labute approximate surface area is 181 Å². The van der Waals surface area contributed by atoms with Gasteiger partial charge >= 0.3 is 5.97 Å². The van der Waals surface area contributed by atoms with Gasteiger partial charge in [0.05, 0.1) is 4.90 Å². The smallest absolute Gasteiger partial charge is 0.324 e. The molecule has 0 heterocycles. The van der Waals surface area contributed by atoms with E-state index in [-0.39, 0.29) is 10.8 Å². The molecule has 0 bridgehead atoms. The SMILES string of the molecule is CC(C)[C@H](NS(=O)(=O)c1ccccc1)C(=O)OCC(=O)NCCc1ccc(Cl)cc1. The van der Waals surface area contributed by atoms with Crippen molar-refractivity contribution in [3.8, 4) is 0 Å². The number of hydrogen-bond acceptors (Lipinski definition) is 5. The molecule has 7 nitrogen and oxygen atoms in total. The largest absolute Gasteiger partial charge is 0.454 e. The highest BCUT2D eigenvalue weighted by Gasteiger charge is 2.30. The fourth-order valence-corrected chi connectivity index (χ4v) is 4.05. The maximum atomic E-state index is 12.5. The molecule has 0 radical (unpaired) electrons. The molecule has 2 N–H and O–H groups in total. The van der Waals surface area contributed by atoms with Crippen LogP contribution >= 0.6 is 11.6 Å². The van der Waals surface area contributed by atoms with Crippen LogP contribution in [0.1, 0.15) is 19.4 Å². The van der Waals surface area contributed by atoms with E-state index in [0.717, 1.165) is 5.56 Å². The van der Waals surface area contributed by atoms with Crippen molar-refractivity contribution in [3.63, 3.8) is 0 Å². The molecular formula is C21H25ClN2O5S. The summed E-state index contributed by atoms with van der Waals surface area (Å²) in [6.45, 7) is 3.25. The second-order valence-corrected chi connectivity index (χ2v) is 9.14. The number of rotatable bonds is 10. The van der Waals surface area contributed by atoms with Crippen LogP contribution in [0.3, 0.4) is 0 Å². The number of carbonyl (C=O) groups is 2. The fraction of sp³-hybridized carbons (Fsp3) is 0.333. The Bertz CT molecular complexity index is 947. The van der Waals surface area contributed by atoms with E-state index in [0.29, 0.717) is 18.0 Å². The van der Waals surface area contributed by atoms with Crippen LogP contribution in [0.2, 0.25) is 5.02 Å². The van der Waals surface area contributed by atoms with Crippen molar-refractivity contribution in [2.75, 3.05) is 13.2 Å². The normalized spacial score (nSPS) is 12.4. The van der Waals surface area contributed by atoms with Gasteiger partial charge in [0, 0.05) is 11.6 Å². The van der Waals surface area contributed by atoms with Crippen molar-refractivity contribution in [1.82, 2.24) is 10.0 Å². The molecule has 9 heteroatoms. The maximum Gasteiger partial charge on any atom is 0.324 e. The third kappa shape index (κ3) is 7.44. The first kappa shape index (κ1) is 23.9. The lowest BCUT2D eigenvalue weighted by Gasteiger charge is -2.20. The zero-order valence-electron chi connectivity index (χ0n) is 16.8. The van der Waals surface area contributed by atoms with Crippen LogP contribution in [-0.4, -0.2) is 39.5 Å². The van der Waals surface area contributed by atoms with Crippen molar-refractivity contribution in [2.45, 2.75) is 31.2 Å². The Morgan fingerprint density at radius 1 is 1.03 bits per heavy atom. The molecule has 2 rings (SSSR count). The minimum atomic E-state index is -3.90. The van der Waals surface area contributed by atoms with Crippen molar-refractivity contribution < 1.29 is 22.7 Å². The Hall–Kier alpha value is -2.42. The molecule has 0 aliphatic carbocycles. The highest BCUT2D eigenvalue weighted by molar-refractivity contribution is 7.89. The van der Waals surface area contributed by atoms with Gasteiger partial charge in [-0.2, -0.15) is 4.72 Å². The quantitative estimate of drug-likeness (QED) is 0.539. The summed E-state index contributed by atoms with van der Waals surface area (Å²) in [4.78, 5) is 24.4. The van der Waals surface area contributed by atoms with Crippen LogP contribution < -0.4 is 10.0 Å². The molecule has 30 heavy (non-hydrogen) atoms. The highest BCUT2D eigenvalue weighted by atomic mass is 35.5. The molecule has 0 saturated heterocycles. The van der Waals surface area contributed by atoms with Crippen LogP contribution in [0.4, 0.5) is 0 Å². The minimum absolute atomic E-state index is 0.0448. The van der Waals surface area contributed by atoms with E-state index < -0.39 is 34.5 Å². The summed E-state index contributed by atoms with van der Waals surface area (Å²) in [6.07, 6.45) is 0.600. The van der Waals surface area contributed by atoms with Crippen LogP contribution in [0, 0.1) is 5.92 Å². The summed E-state index contributed by atoms with van der Waals surface area (Å²) < 4.78 is 32.3. The Kier molecular flexibility index (Phi) is 8.83. The third-order valence-electron chi connectivity index (χ3n) is 4.25. The summed E-state index contributed by atoms with van der Waals surface area (Å²) in [6, 6.07) is 13.9. The van der Waals surface area contributed by atoms with Crippen molar-refractivity contribution in [3.05, 3.63) is 65.2 Å². The number of halogens is 1. The Morgan fingerprint density at radius 2 is 1.67 bits per heavy atom. The van der Waals surface area contributed by atoms with Gasteiger partial charge in [0.15, 0.2) is 6.61 Å². The van der Waals surface area contributed by atoms with E-state index >= 15 is 0 Å². The van der Waals surface area contributed by atoms with Gasteiger partial charge < -0.3 is 10.1 Å². The molecule has 2 aromatic carbocycles. The van der Waals surface area contributed by atoms with E-state index in [4.69, 9.17) is 16.3 Å². The summed E-state index contributed by atoms with van der Waals surface area (Å²) >= 11 is 5.83. The van der Waals surface area contributed by atoms with Crippen LogP contribution in [0.15, 0.2) is 59.5 Å². The first-order valence-electron chi connectivity index (χ1n) is 9.44. The van der Waals surface area contributed by atoms with Gasteiger partial charge in [0.2, 0.25) is 10.0 Å². The molecule has 0 saturated carbocycles. The molecule has 0 spiro atoms. The second-order valence-electron chi connectivity index (χ2n) is 6.99. The number of amides is 1. The average Bonchev–Trinajstić information content (AvgIpc) is 2.72. The van der Waals surface area contributed by atoms with Gasteiger partial charge in [-0.3, -0.25) is 9.59 Å². The Balaban J connectivity index is 1.84. The molecule has 0 fully saturated rings. The lowest BCUT2D eigenvalue weighted by molar-refractivity contribution is -0.151. The van der Waals surface area contributed by atoms with Crippen LogP contribution in [0.5, 0.6) is 0 Å². The minimum Gasteiger partial charge on any atom is -0.454 e. The average molecular weight is 453 g/mol. The summed E-state index contributed by atoms with van der Waals surface area (Å²) in [7, 11) is -3.90. The number of ether oxygens (including phenoxy) is 1. The number of carbonyl (C=O) groups excluding carboxylic acids is 2. The molecular weight excluding hydrogens is 428 g/mol. The zero-order valence-corrected chi connectivity index (χ0v) is 18.4. The molecule has 0 unspecified atom stereocenters. The number of hydrogen-bond donors (Lipinski definition) is 2. The summed E-state index contributed by atoms with van der Waals surface area (Å²) in [5.41, 5.74) is 1.01. The van der Waals surface area contributed by atoms with E-state index in [1.54, 1.807) is 44.2 Å². The van der Waals surface area contributed by atoms with Crippen molar-refractivity contribution in [2.24, 2.45) is 5.92 Å². The van der Waals surface area contributed by atoms with E-state index in [2.05, 4.69) is 10.0 Å². The molecule has 0 aliphatic rings. The highest BCUT2D eigenvalue weighted by Crippen LogP contribution is 2.12. The lowest BCUT2D eigenvalue weighted by Crippen LogP contribution is -2.46. The van der Waals surface area contributed by atoms with Gasteiger partial charge in [-0.25, -0.2) is 8.42 Å². The van der Waals surface area contributed by atoms with E-state index in [1.165, 1.54) is 12.1 Å². The second kappa shape index (κ2) is 11.1. The Morgan fingerprint density at radius 3 is 2.27 bits per heavy atom. The van der Waals surface area contributed by atoms with E-state index in [1.807, 2.05) is 12.1 Å². The predicted octanol–water partition coefficient (Wildman–Crippen LogP) is 2.55. The van der Waals surface area contributed by atoms with Crippen LogP contribution in [0.25, 0.3) is 0 Å². The molecule has 1 atom stereocenters.